The fourth-order valence-corrected chi connectivity index (χ4v) is 1.40. The summed E-state index contributed by atoms with van der Waals surface area (Å²) in [6.07, 6.45) is 0. The van der Waals surface area contributed by atoms with Crippen LogP contribution in [0.3, 0.4) is 0 Å². The van der Waals surface area contributed by atoms with Gasteiger partial charge in [0.05, 0.1) is 11.6 Å². The predicted molar refractivity (Wildman–Crippen MR) is 61.4 cm³/mol. The van der Waals surface area contributed by atoms with Crippen molar-refractivity contribution in [2.24, 2.45) is 5.73 Å². The van der Waals surface area contributed by atoms with Gasteiger partial charge in [-0.15, -0.1) is 0 Å². The lowest BCUT2D eigenvalue weighted by atomic mass is 10.1. The van der Waals surface area contributed by atoms with Gasteiger partial charge in [-0.05, 0) is 24.6 Å². The number of methoxy groups -OCH3 is 1. The first-order valence-electron chi connectivity index (χ1n) is 4.82. The number of ether oxygens (including phenoxy) is 2. The minimum absolute atomic E-state index is 0.0180. The van der Waals surface area contributed by atoms with Crippen molar-refractivity contribution < 1.29 is 9.47 Å². The smallest absolute Gasteiger partial charge is 0.138 e. The van der Waals surface area contributed by atoms with Gasteiger partial charge in [-0.25, -0.2) is 0 Å². The summed E-state index contributed by atoms with van der Waals surface area (Å²) < 4.78 is 10.3. The second-order valence-corrected chi connectivity index (χ2v) is 3.73. The Morgan fingerprint density at radius 1 is 1.40 bits per heavy atom. The van der Waals surface area contributed by atoms with Crippen molar-refractivity contribution in [3.63, 3.8) is 0 Å². The second-order valence-electron chi connectivity index (χ2n) is 3.32. The molecule has 0 saturated heterocycles. The van der Waals surface area contributed by atoms with Crippen molar-refractivity contribution in [3.8, 4) is 5.75 Å². The molecule has 0 aliphatic heterocycles. The molecule has 3 nitrogen and oxygen atoms in total. The highest BCUT2D eigenvalue weighted by atomic mass is 35.5. The standard InChI is InChI=1S/C11H16ClNO2/c1-8(13)9-3-4-11(10(12)7-9)15-6-5-14-2/h3-4,7-8H,5-6,13H2,1-2H3/t8-/m1/s1. The lowest BCUT2D eigenvalue weighted by Crippen LogP contribution is -2.07. The van der Waals surface area contributed by atoms with E-state index in [1.807, 2.05) is 25.1 Å². The summed E-state index contributed by atoms with van der Waals surface area (Å²) in [4.78, 5) is 0. The molecular weight excluding hydrogens is 214 g/mol. The number of halogens is 1. The molecule has 1 aromatic carbocycles. The second kappa shape index (κ2) is 5.95. The topological polar surface area (TPSA) is 44.5 Å². The Bertz CT molecular complexity index is 315. The van der Waals surface area contributed by atoms with Crippen LogP contribution < -0.4 is 10.5 Å². The lowest BCUT2D eigenvalue weighted by molar-refractivity contribution is 0.146. The van der Waals surface area contributed by atoms with Gasteiger partial charge in [0.25, 0.3) is 0 Å². The van der Waals surface area contributed by atoms with Gasteiger partial charge in [-0.2, -0.15) is 0 Å². The molecule has 1 rings (SSSR count). The van der Waals surface area contributed by atoms with Crippen molar-refractivity contribution in [3.05, 3.63) is 28.8 Å². The Balaban J connectivity index is 2.66. The van der Waals surface area contributed by atoms with E-state index in [4.69, 9.17) is 26.8 Å². The summed E-state index contributed by atoms with van der Waals surface area (Å²) >= 11 is 6.03. The van der Waals surface area contributed by atoms with Crippen molar-refractivity contribution in [1.29, 1.82) is 0 Å². The van der Waals surface area contributed by atoms with Crippen molar-refractivity contribution >= 4 is 11.6 Å². The third-order valence-corrected chi connectivity index (χ3v) is 2.32. The van der Waals surface area contributed by atoms with Crippen LogP contribution in [0.4, 0.5) is 0 Å². The maximum absolute atomic E-state index is 6.03. The number of hydrogen-bond donors (Lipinski definition) is 1. The predicted octanol–water partition coefficient (Wildman–Crippen LogP) is 2.38. The number of rotatable bonds is 5. The molecule has 0 aliphatic rings. The largest absolute Gasteiger partial charge is 0.490 e. The zero-order valence-electron chi connectivity index (χ0n) is 9.00. The van der Waals surface area contributed by atoms with Gasteiger partial charge < -0.3 is 15.2 Å². The highest BCUT2D eigenvalue weighted by Gasteiger charge is 2.05. The lowest BCUT2D eigenvalue weighted by Gasteiger charge is -2.10. The molecule has 0 fully saturated rings. The Labute approximate surface area is 95.1 Å². The van der Waals surface area contributed by atoms with E-state index < -0.39 is 0 Å². The van der Waals surface area contributed by atoms with Crippen LogP contribution in [0, 0.1) is 0 Å². The molecule has 1 atom stereocenters. The van der Waals surface area contributed by atoms with E-state index in [0.717, 1.165) is 5.56 Å². The molecule has 0 radical (unpaired) electrons. The third-order valence-electron chi connectivity index (χ3n) is 2.03. The molecule has 0 aliphatic carbocycles. The summed E-state index contributed by atoms with van der Waals surface area (Å²) in [5.74, 6) is 0.665. The molecular formula is C11H16ClNO2. The van der Waals surface area contributed by atoms with E-state index in [0.29, 0.717) is 24.0 Å². The molecule has 0 spiro atoms. The summed E-state index contributed by atoms with van der Waals surface area (Å²) in [5, 5.41) is 0.584. The van der Waals surface area contributed by atoms with Crippen LogP contribution in [0.5, 0.6) is 5.75 Å². The molecule has 0 heterocycles. The normalized spacial score (nSPS) is 12.5. The number of hydrogen-bond acceptors (Lipinski definition) is 3. The summed E-state index contributed by atoms with van der Waals surface area (Å²) in [6, 6.07) is 5.56. The van der Waals surface area contributed by atoms with Crippen molar-refractivity contribution in [2.45, 2.75) is 13.0 Å². The van der Waals surface area contributed by atoms with Gasteiger partial charge >= 0.3 is 0 Å². The average Bonchev–Trinajstić information content (AvgIpc) is 2.20. The van der Waals surface area contributed by atoms with Gasteiger partial charge in [0, 0.05) is 13.2 Å². The molecule has 4 heteroatoms. The van der Waals surface area contributed by atoms with Crippen LogP contribution in [0.1, 0.15) is 18.5 Å². The highest BCUT2D eigenvalue weighted by molar-refractivity contribution is 6.32. The van der Waals surface area contributed by atoms with Crippen molar-refractivity contribution in [1.82, 2.24) is 0 Å². The van der Waals surface area contributed by atoms with E-state index in [-0.39, 0.29) is 6.04 Å². The summed E-state index contributed by atoms with van der Waals surface area (Å²) in [6.45, 7) is 2.95. The molecule has 0 saturated carbocycles. The Hall–Kier alpha value is -0.770. The maximum Gasteiger partial charge on any atom is 0.138 e. The number of benzene rings is 1. The first kappa shape index (κ1) is 12.3. The van der Waals surface area contributed by atoms with E-state index in [2.05, 4.69) is 0 Å². The number of nitrogens with two attached hydrogens (primary N) is 1. The maximum atomic E-state index is 6.03. The van der Waals surface area contributed by atoms with Gasteiger partial charge in [0.1, 0.15) is 12.4 Å². The van der Waals surface area contributed by atoms with E-state index >= 15 is 0 Å². The SMILES string of the molecule is COCCOc1ccc([C@@H](C)N)cc1Cl. The minimum Gasteiger partial charge on any atom is -0.490 e. The van der Waals surface area contributed by atoms with Crippen LogP contribution in [0.2, 0.25) is 5.02 Å². The molecule has 0 unspecified atom stereocenters. The van der Waals surface area contributed by atoms with Crippen LogP contribution in [-0.4, -0.2) is 20.3 Å². The zero-order chi connectivity index (χ0) is 11.3. The van der Waals surface area contributed by atoms with Gasteiger partial charge in [-0.1, -0.05) is 17.7 Å². The van der Waals surface area contributed by atoms with Crippen LogP contribution in [0.15, 0.2) is 18.2 Å². The molecule has 15 heavy (non-hydrogen) atoms. The van der Waals surface area contributed by atoms with Gasteiger partial charge in [0.2, 0.25) is 0 Å². The summed E-state index contributed by atoms with van der Waals surface area (Å²) in [7, 11) is 1.63. The zero-order valence-corrected chi connectivity index (χ0v) is 9.75. The van der Waals surface area contributed by atoms with E-state index in [9.17, 15) is 0 Å². The fraction of sp³-hybridized carbons (Fsp3) is 0.455. The highest BCUT2D eigenvalue weighted by Crippen LogP contribution is 2.27. The third kappa shape index (κ3) is 3.70. The molecule has 0 aromatic heterocycles. The Morgan fingerprint density at radius 3 is 2.67 bits per heavy atom. The van der Waals surface area contributed by atoms with Crippen LogP contribution in [-0.2, 0) is 4.74 Å². The first-order chi connectivity index (χ1) is 7.15. The molecule has 0 bridgehead atoms. The molecule has 2 N–H and O–H groups in total. The quantitative estimate of drug-likeness (QED) is 0.789. The molecule has 84 valence electrons. The monoisotopic (exact) mass is 229 g/mol. The molecule has 1 aromatic rings. The average molecular weight is 230 g/mol. The molecule has 0 amide bonds. The van der Waals surface area contributed by atoms with Gasteiger partial charge in [-0.3, -0.25) is 0 Å². The van der Waals surface area contributed by atoms with E-state index in [1.165, 1.54) is 0 Å². The van der Waals surface area contributed by atoms with Crippen LogP contribution in [0.25, 0.3) is 0 Å². The first-order valence-corrected chi connectivity index (χ1v) is 5.19. The fourth-order valence-electron chi connectivity index (χ4n) is 1.15. The van der Waals surface area contributed by atoms with Crippen molar-refractivity contribution in [2.75, 3.05) is 20.3 Å². The van der Waals surface area contributed by atoms with Gasteiger partial charge in [0.15, 0.2) is 0 Å². The Morgan fingerprint density at radius 2 is 2.13 bits per heavy atom. The van der Waals surface area contributed by atoms with E-state index in [1.54, 1.807) is 7.11 Å². The Kier molecular flexibility index (Phi) is 4.88. The van der Waals surface area contributed by atoms with Crippen LogP contribution >= 0.6 is 11.6 Å². The minimum atomic E-state index is -0.0180. The summed E-state index contributed by atoms with van der Waals surface area (Å²) in [5.41, 5.74) is 6.73.